The van der Waals surface area contributed by atoms with Crippen molar-refractivity contribution in [3.63, 3.8) is 0 Å². The molecule has 3 heterocycles. The number of aromatic nitrogens is 1. The van der Waals surface area contributed by atoms with Gasteiger partial charge in [-0.15, -0.1) is 0 Å². The van der Waals surface area contributed by atoms with Crippen molar-refractivity contribution in [3.8, 4) is 28.7 Å². The monoisotopic (exact) mass is 621 g/mol. The van der Waals surface area contributed by atoms with Crippen LogP contribution in [0.2, 0.25) is 5.02 Å². The van der Waals surface area contributed by atoms with E-state index in [9.17, 15) is 15.2 Å². The van der Waals surface area contributed by atoms with E-state index in [0.29, 0.717) is 41.6 Å². The molecule has 0 radical (unpaired) electrons. The number of nitrogens with zero attached hydrogens (tertiary/aromatic N) is 3. The van der Waals surface area contributed by atoms with Gasteiger partial charge in [0.2, 0.25) is 0 Å². The zero-order chi connectivity index (χ0) is 31.6. The standard InChI is InChI=1S/C36H32ClN3O5/c1-23-28(5-3-6-30(23)27-8-7-26-9-12-43-32(26)15-27)22-45-34-16-33(44-21-25-13-24(17-38)18-39-19-25)29(14-31(34)37)20-40-11-4-10-36(40,2)35(41)42/h3,5-9,12-16,18-19H,4,10-11,20-22H2,1-2H3,(H,41,42). The van der Waals surface area contributed by atoms with Crippen molar-refractivity contribution in [1.82, 2.24) is 9.88 Å². The number of hydrogen-bond donors (Lipinski definition) is 1. The van der Waals surface area contributed by atoms with Crippen LogP contribution >= 0.6 is 11.6 Å². The summed E-state index contributed by atoms with van der Waals surface area (Å²) in [5.41, 5.74) is 6.00. The molecule has 0 amide bonds. The van der Waals surface area contributed by atoms with E-state index in [0.717, 1.165) is 50.8 Å². The molecular weight excluding hydrogens is 590 g/mol. The molecule has 228 valence electrons. The predicted molar refractivity (Wildman–Crippen MR) is 171 cm³/mol. The lowest BCUT2D eigenvalue weighted by molar-refractivity contribution is -0.148. The fourth-order valence-electron chi connectivity index (χ4n) is 5.88. The molecule has 1 unspecified atom stereocenters. The number of carboxylic acids is 1. The highest BCUT2D eigenvalue weighted by atomic mass is 35.5. The van der Waals surface area contributed by atoms with Gasteiger partial charge in [0.1, 0.15) is 41.9 Å². The summed E-state index contributed by atoms with van der Waals surface area (Å²) in [5.74, 6) is 0.117. The molecule has 1 aliphatic heterocycles. The van der Waals surface area contributed by atoms with Crippen LogP contribution in [-0.2, 0) is 24.6 Å². The minimum Gasteiger partial charge on any atom is -0.488 e. The van der Waals surface area contributed by atoms with E-state index in [4.69, 9.17) is 25.5 Å². The molecule has 3 aromatic carbocycles. The molecule has 0 spiro atoms. The van der Waals surface area contributed by atoms with E-state index in [1.54, 1.807) is 37.6 Å². The molecule has 0 bridgehead atoms. The van der Waals surface area contributed by atoms with E-state index < -0.39 is 11.5 Å². The number of nitriles is 1. The molecule has 8 nitrogen and oxygen atoms in total. The summed E-state index contributed by atoms with van der Waals surface area (Å²) < 4.78 is 18.2. The number of carbonyl (C=O) groups is 1. The highest BCUT2D eigenvalue weighted by molar-refractivity contribution is 6.32. The molecule has 1 saturated heterocycles. The number of fused-ring (bicyclic) bond motifs is 1. The quantitative estimate of drug-likeness (QED) is 0.167. The first-order valence-corrected chi connectivity index (χ1v) is 15.1. The first-order chi connectivity index (χ1) is 21.7. The summed E-state index contributed by atoms with van der Waals surface area (Å²) in [6.45, 7) is 5.25. The van der Waals surface area contributed by atoms with E-state index in [2.05, 4.69) is 30.1 Å². The summed E-state index contributed by atoms with van der Waals surface area (Å²) in [5, 5.41) is 20.7. The van der Waals surface area contributed by atoms with Crippen molar-refractivity contribution in [3.05, 3.63) is 112 Å². The summed E-state index contributed by atoms with van der Waals surface area (Å²) in [6.07, 6.45) is 6.18. The van der Waals surface area contributed by atoms with Gasteiger partial charge in [-0.25, -0.2) is 0 Å². The summed E-state index contributed by atoms with van der Waals surface area (Å²) >= 11 is 6.78. The zero-order valence-corrected chi connectivity index (χ0v) is 25.8. The van der Waals surface area contributed by atoms with E-state index >= 15 is 0 Å². The van der Waals surface area contributed by atoms with Crippen LogP contribution in [0.5, 0.6) is 11.5 Å². The Labute approximate surface area is 266 Å². The number of rotatable bonds is 10. The van der Waals surface area contributed by atoms with Crippen LogP contribution in [0.1, 0.15) is 47.6 Å². The first kappa shape index (κ1) is 30.2. The molecule has 5 aromatic rings. The number of furan rings is 1. The lowest BCUT2D eigenvalue weighted by atomic mass is 9.96. The van der Waals surface area contributed by atoms with Gasteiger partial charge in [-0.3, -0.25) is 14.7 Å². The lowest BCUT2D eigenvalue weighted by Gasteiger charge is -2.31. The zero-order valence-electron chi connectivity index (χ0n) is 25.0. The van der Waals surface area contributed by atoms with Crippen LogP contribution in [-0.4, -0.2) is 33.0 Å². The lowest BCUT2D eigenvalue weighted by Crippen LogP contribution is -2.47. The molecule has 2 aromatic heterocycles. The molecule has 9 heteroatoms. The van der Waals surface area contributed by atoms with Crippen LogP contribution in [0, 0.1) is 18.3 Å². The molecule has 0 aliphatic carbocycles. The van der Waals surface area contributed by atoms with Gasteiger partial charge >= 0.3 is 5.97 Å². The highest BCUT2D eigenvalue weighted by Crippen LogP contribution is 2.38. The molecule has 45 heavy (non-hydrogen) atoms. The Morgan fingerprint density at radius 2 is 1.93 bits per heavy atom. The van der Waals surface area contributed by atoms with Crippen LogP contribution in [0.25, 0.3) is 22.1 Å². The van der Waals surface area contributed by atoms with Crippen molar-refractivity contribution in [1.29, 1.82) is 5.26 Å². The Bertz CT molecular complexity index is 1930. The molecule has 1 N–H and O–H groups in total. The van der Waals surface area contributed by atoms with Crippen molar-refractivity contribution in [2.45, 2.75) is 52.0 Å². The van der Waals surface area contributed by atoms with Crippen molar-refractivity contribution < 1.29 is 23.8 Å². The Morgan fingerprint density at radius 1 is 1.09 bits per heavy atom. The Morgan fingerprint density at radius 3 is 2.76 bits per heavy atom. The molecule has 1 aliphatic rings. The number of halogens is 1. The van der Waals surface area contributed by atoms with Crippen molar-refractivity contribution in [2.75, 3.05) is 6.54 Å². The van der Waals surface area contributed by atoms with Gasteiger partial charge in [0.15, 0.2) is 0 Å². The average molecular weight is 622 g/mol. The van der Waals surface area contributed by atoms with Gasteiger partial charge in [0.25, 0.3) is 0 Å². The number of benzene rings is 3. The SMILES string of the molecule is Cc1c(COc2cc(OCc3cncc(C#N)c3)c(CN3CCCC3(C)C(=O)O)cc2Cl)cccc1-c1ccc2ccoc2c1. The number of aliphatic carboxylic acids is 1. The molecule has 0 saturated carbocycles. The second kappa shape index (κ2) is 12.6. The van der Waals surface area contributed by atoms with Gasteiger partial charge in [-0.05, 0) is 79.8 Å². The number of likely N-dealkylation sites (tertiary alicyclic amines) is 1. The normalized spacial score (nSPS) is 16.5. The number of ether oxygens (including phenoxy) is 2. The van der Waals surface area contributed by atoms with Crippen molar-refractivity contribution in [2.24, 2.45) is 0 Å². The number of pyridine rings is 1. The maximum atomic E-state index is 12.2. The van der Waals surface area contributed by atoms with Crippen LogP contribution in [0.15, 0.2) is 83.7 Å². The number of carboxylic acid groups (broad SMARTS) is 1. The molecular formula is C36H32ClN3O5. The first-order valence-electron chi connectivity index (χ1n) is 14.7. The third-order valence-electron chi connectivity index (χ3n) is 8.64. The van der Waals surface area contributed by atoms with E-state index in [-0.39, 0.29) is 13.2 Å². The smallest absolute Gasteiger partial charge is 0.323 e. The second-order valence-corrected chi connectivity index (χ2v) is 11.9. The topological polar surface area (TPSA) is 109 Å². The Hall–Kier alpha value is -4.84. The third kappa shape index (κ3) is 6.23. The van der Waals surface area contributed by atoms with Gasteiger partial charge in [0.05, 0.1) is 16.8 Å². The largest absolute Gasteiger partial charge is 0.488 e. The summed E-state index contributed by atoms with van der Waals surface area (Å²) in [6, 6.07) is 21.6. The van der Waals surface area contributed by atoms with Gasteiger partial charge in [0, 0.05) is 41.5 Å². The van der Waals surface area contributed by atoms with Crippen LogP contribution in [0.4, 0.5) is 0 Å². The van der Waals surface area contributed by atoms with Crippen LogP contribution < -0.4 is 9.47 Å². The molecule has 1 fully saturated rings. The number of hydrogen-bond acceptors (Lipinski definition) is 7. The summed E-state index contributed by atoms with van der Waals surface area (Å²) in [7, 11) is 0. The average Bonchev–Trinajstić information content (AvgIpc) is 3.67. The second-order valence-electron chi connectivity index (χ2n) is 11.5. The van der Waals surface area contributed by atoms with E-state index in [1.165, 1.54) is 6.20 Å². The Balaban J connectivity index is 1.27. The fraction of sp³-hybridized carbons (Fsp3) is 0.250. The van der Waals surface area contributed by atoms with Gasteiger partial charge < -0.3 is 19.0 Å². The fourth-order valence-corrected chi connectivity index (χ4v) is 6.12. The third-order valence-corrected chi connectivity index (χ3v) is 8.94. The van der Waals surface area contributed by atoms with Gasteiger partial charge in [-0.2, -0.15) is 5.26 Å². The highest BCUT2D eigenvalue weighted by Gasteiger charge is 2.43. The van der Waals surface area contributed by atoms with E-state index in [1.807, 2.05) is 35.2 Å². The predicted octanol–water partition coefficient (Wildman–Crippen LogP) is 7.93. The van der Waals surface area contributed by atoms with Gasteiger partial charge in [-0.1, -0.05) is 41.9 Å². The van der Waals surface area contributed by atoms with Crippen LogP contribution in [0.3, 0.4) is 0 Å². The minimum absolute atomic E-state index is 0.161. The minimum atomic E-state index is -0.978. The maximum absolute atomic E-state index is 12.2. The molecule has 1 atom stereocenters. The maximum Gasteiger partial charge on any atom is 0.323 e. The molecule has 6 rings (SSSR count). The Kier molecular flexibility index (Phi) is 8.48. The van der Waals surface area contributed by atoms with Crippen molar-refractivity contribution >= 4 is 28.5 Å². The summed E-state index contributed by atoms with van der Waals surface area (Å²) in [4.78, 5) is 18.2.